The third-order valence-electron chi connectivity index (χ3n) is 2.82. The number of pyridine rings is 1. The summed E-state index contributed by atoms with van der Waals surface area (Å²) in [6.45, 7) is 4.08. The Morgan fingerprint density at radius 2 is 2.06 bits per heavy atom. The fourth-order valence-corrected chi connectivity index (χ4v) is 2.06. The van der Waals surface area contributed by atoms with Crippen LogP contribution in [0.25, 0.3) is 5.82 Å². The van der Waals surface area contributed by atoms with Crippen LogP contribution in [0, 0.1) is 0 Å². The molecule has 0 unspecified atom stereocenters. The molecule has 0 bridgehead atoms. The van der Waals surface area contributed by atoms with E-state index in [4.69, 9.17) is 16.7 Å². The van der Waals surface area contributed by atoms with Gasteiger partial charge in [0, 0.05) is 11.9 Å². The van der Waals surface area contributed by atoms with E-state index in [0.29, 0.717) is 16.4 Å². The maximum absolute atomic E-state index is 9.05. The summed E-state index contributed by atoms with van der Waals surface area (Å²) in [5, 5.41) is 14.0. The van der Waals surface area contributed by atoms with Gasteiger partial charge in [-0.05, 0) is 30.5 Å². The molecule has 0 fully saturated rings. The second-order valence-corrected chi connectivity index (χ2v) is 4.46. The number of nitrogens with zero attached hydrogens (tertiary/aromatic N) is 3. The highest BCUT2D eigenvalue weighted by molar-refractivity contribution is 6.32. The lowest BCUT2D eigenvalue weighted by molar-refractivity contribution is 0.281. The maximum atomic E-state index is 9.05. The van der Waals surface area contributed by atoms with Crippen molar-refractivity contribution in [3.05, 3.63) is 40.3 Å². The van der Waals surface area contributed by atoms with E-state index in [1.807, 2.05) is 0 Å². The molecule has 0 aliphatic rings. The zero-order valence-corrected chi connectivity index (χ0v) is 11.3. The van der Waals surface area contributed by atoms with Crippen molar-refractivity contribution in [1.82, 2.24) is 14.8 Å². The van der Waals surface area contributed by atoms with Crippen LogP contribution in [-0.2, 0) is 19.4 Å². The van der Waals surface area contributed by atoms with Gasteiger partial charge in [0.2, 0.25) is 0 Å². The van der Waals surface area contributed by atoms with E-state index in [2.05, 4.69) is 30.0 Å². The summed E-state index contributed by atoms with van der Waals surface area (Å²) in [6.07, 6.45) is 3.37. The number of rotatable bonds is 4. The number of aryl methyl sites for hydroxylation is 2. The zero-order chi connectivity index (χ0) is 13.1. The summed E-state index contributed by atoms with van der Waals surface area (Å²) in [4.78, 5) is 4.28. The zero-order valence-electron chi connectivity index (χ0n) is 10.5. The van der Waals surface area contributed by atoms with Gasteiger partial charge in [0.1, 0.15) is 0 Å². The Labute approximate surface area is 111 Å². The van der Waals surface area contributed by atoms with Gasteiger partial charge in [0.15, 0.2) is 5.82 Å². The molecular formula is C13H16ClN3O. The molecule has 0 saturated carbocycles. The predicted molar refractivity (Wildman–Crippen MR) is 71.0 cm³/mol. The number of hydrogen-bond donors (Lipinski definition) is 1. The van der Waals surface area contributed by atoms with Crippen molar-refractivity contribution in [1.29, 1.82) is 0 Å². The topological polar surface area (TPSA) is 50.9 Å². The number of aliphatic hydroxyl groups is 1. The molecule has 2 aromatic rings. The first-order chi connectivity index (χ1) is 8.69. The van der Waals surface area contributed by atoms with Crippen LogP contribution < -0.4 is 0 Å². The van der Waals surface area contributed by atoms with Gasteiger partial charge in [0.25, 0.3) is 0 Å². The highest BCUT2D eigenvalue weighted by atomic mass is 35.5. The first-order valence-corrected chi connectivity index (χ1v) is 6.40. The van der Waals surface area contributed by atoms with Gasteiger partial charge in [-0.25, -0.2) is 9.67 Å². The monoisotopic (exact) mass is 265 g/mol. The van der Waals surface area contributed by atoms with Gasteiger partial charge in [-0.2, -0.15) is 5.10 Å². The average Bonchev–Trinajstić information content (AvgIpc) is 2.81. The molecule has 4 nitrogen and oxygen atoms in total. The van der Waals surface area contributed by atoms with Crippen molar-refractivity contribution in [3.8, 4) is 5.82 Å². The molecule has 0 aliphatic carbocycles. The standard InChI is InChI=1S/C13H16ClN3O/c1-3-10-6-11(4-2)17(16-10)13-12(14)5-9(8-18)7-15-13/h5-7,18H,3-4,8H2,1-2H3. The van der Waals surface area contributed by atoms with E-state index in [1.165, 1.54) is 0 Å². The number of aromatic nitrogens is 3. The summed E-state index contributed by atoms with van der Waals surface area (Å²) in [6, 6.07) is 3.79. The van der Waals surface area contributed by atoms with Crippen molar-refractivity contribution in [2.24, 2.45) is 0 Å². The van der Waals surface area contributed by atoms with Crippen molar-refractivity contribution < 1.29 is 5.11 Å². The van der Waals surface area contributed by atoms with Crippen molar-refractivity contribution in [2.75, 3.05) is 0 Å². The molecule has 2 rings (SSSR count). The molecule has 5 heteroatoms. The van der Waals surface area contributed by atoms with E-state index in [0.717, 1.165) is 24.2 Å². The fourth-order valence-electron chi connectivity index (χ4n) is 1.80. The lowest BCUT2D eigenvalue weighted by atomic mass is 10.2. The second kappa shape index (κ2) is 5.50. The fraction of sp³-hybridized carbons (Fsp3) is 0.385. The second-order valence-electron chi connectivity index (χ2n) is 4.05. The normalized spacial score (nSPS) is 10.9. The lowest BCUT2D eigenvalue weighted by Gasteiger charge is -2.07. The Balaban J connectivity index is 2.50. The first kappa shape index (κ1) is 13.1. The lowest BCUT2D eigenvalue weighted by Crippen LogP contribution is -2.05. The molecule has 0 atom stereocenters. The van der Waals surface area contributed by atoms with Gasteiger partial charge in [-0.1, -0.05) is 25.4 Å². The smallest absolute Gasteiger partial charge is 0.172 e. The van der Waals surface area contributed by atoms with Crippen molar-refractivity contribution in [2.45, 2.75) is 33.3 Å². The van der Waals surface area contributed by atoms with Gasteiger partial charge in [-0.3, -0.25) is 0 Å². The van der Waals surface area contributed by atoms with Crippen LogP contribution >= 0.6 is 11.6 Å². The van der Waals surface area contributed by atoms with Gasteiger partial charge < -0.3 is 5.11 Å². The molecule has 96 valence electrons. The van der Waals surface area contributed by atoms with Crippen LogP contribution in [0.5, 0.6) is 0 Å². The van der Waals surface area contributed by atoms with Crippen LogP contribution in [-0.4, -0.2) is 19.9 Å². The highest BCUT2D eigenvalue weighted by Gasteiger charge is 2.12. The largest absolute Gasteiger partial charge is 0.392 e. The van der Waals surface area contributed by atoms with E-state index in [1.54, 1.807) is 16.9 Å². The predicted octanol–water partition coefficient (Wildman–Crippen LogP) is 2.54. The molecule has 0 spiro atoms. The number of aliphatic hydroxyl groups excluding tert-OH is 1. The Morgan fingerprint density at radius 3 is 2.61 bits per heavy atom. The van der Waals surface area contributed by atoms with Crippen molar-refractivity contribution >= 4 is 11.6 Å². The van der Waals surface area contributed by atoms with E-state index >= 15 is 0 Å². The minimum atomic E-state index is -0.0625. The average molecular weight is 266 g/mol. The van der Waals surface area contributed by atoms with Crippen LogP contribution in [0.2, 0.25) is 5.02 Å². The van der Waals surface area contributed by atoms with Gasteiger partial charge >= 0.3 is 0 Å². The molecular weight excluding hydrogens is 250 g/mol. The Hall–Kier alpha value is -1.39. The molecule has 0 radical (unpaired) electrons. The molecule has 0 amide bonds. The molecule has 18 heavy (non-hydrogen) atoms. The minimum absolute atomic E-state index is 0.0625. The number of hydrogen-bond acceptors (Lipinski definition) is 3. The van der Waals surface area contributed by atoms with Crippen molar-refractivity contribution in [3.63, 3.8) is 0 Å². The van der Waals surface area contributed by atoms with Gasteiger partial charge in [-0.15, -0.1) is 0 Å². The van der Waals surface area contributed by atoms with Crippen LogP contribution in [0.3, 0.4) is 0 Å². The summed E-state index contributed by atoms with van der Waals surface area (Å²) in [7, 11) is 0. The molecule has 2 heterocycles. The Bertz CT molecular complexity index is 551. The molecule has 0 aliphatic heterocycles. The number of halogens is 1. The molecule has 0 saturated heterocycles. The quantitative estimate of drug-likeness (QED) is 0.924. The highest BCUT2D eigenvalue weighted by Crippen LogP contribution is 2.21. The molecule has 2 aromatic heterocycles. The summed E-state index contributed by atoms with van der Waals surface area (Å²) in [5.41, 5.74) is 2.80. The van der Waals surface area contributed by atoms with E-state index in [-0.39, 0.29) is 6.61 Å². The van der Waals surface area contributed by atoms with E-state index in [9.17, 15) is 0 Å². The maximum Gasteiger partial charge on any atom is 0.172 e. The summed E-state index contributed by atoms with van der Waals surface area (Å²) in [5.74, 6) is 0.616. The van der Waals surface area contributed by atoms with Crippen LogP contribution in [0.15, 0.2) is 18.3 Å². The third-order valence-corrected chi connectivity index (χ3v) is 3.10. The van der Waals surface area contributed by atoms with Crippen LogP contribution in [0.1, 0.15) is 30.8 Å². The Morgan fingerprint density at radius 1 is 1.28 bits per heavy atom. The van der Waals surface area contributed by atoms with Crippen LogP contribution in [0.4, 0.5) is 0 Å². The van der Waals surface area contributed by atoms with E-state index < -0.39 is 0 Å². The third kappa shape index (κ3) is 2.40. The molecule has 0 aromatic carbocycles. The SMILES string of the molecule is CCc1cc(CC)n(-c2ncc(CO)cc2Cl)n1. The molecule has 1 N–H and O–H groups in total. The summed E-state index contributed by atoms with van der Waals surface area (Å²) < 4.78 is 1.78. The minimum Gasteiger partial charge on any atom is -0.392 e. The first-order valence-electron chi connectivity index (χ1n) is 6.03. The van der Waals surface area contributed by atoms with Gasteiger partial charge in [0.05, 0.1) is 17.3 Å². The summed E-state index contributed by atoms with van der Waals surface area (Å²) >= 11 is 6.19. The Kier molecular flexibility index (Phi) is 3.99.